The van der Waals surface area contributed by atoms with Gasteiger partial charge in [-0.15, -0.1) is 0 Å². The molecule has 1 heterocycles. The van der Waals surface area contributed by atoms with Gasteiger partial charge in [-0.2, -0.15) is 0 Å². The lowest BCUT2D eigenvalue weighted by atomic mass is 9.95. The van der Waals surface area contributed by atoms with Crippen LogP contribution in [0.5, 0.6) is 11.8 Å². The Morgan fingerprint density at radius 1 is 1.11 bits per heavy atom. The SMILES string of the molecule is Oc1c2c(c(O)n1CC(Br)CBr)C1CC2C(Br)C1Br. The maximum absolute atomic E-state index is 10.4. The molecule has 2 bridgehead atoms. The second kappa shape index (κ2) is 5.21. The van der Waals surface area contributed by atoms with Crippen molar-refractivity contribution >= 4 is 63.7 Å². The summed E-state index contributed by atoms with van der Waals surface area (Å²) >= 11 is 14.3. The first-order valence-electron chi connectivity index (χ1n) is 6.09. The molecule has 0 aromatic carbocycles. The maximum atomic E-state index is 10.4. The standard InChI is InChI=1S/C12H13Br4NO2/c13-2-4(14)3-17-11(18)7-5-1-6(8(7)12(17)19)10(16)9(5)15/h4-6,9-10,18-19H,1-3H2. The molecule has 1 aromatic heterocycles. The van der Waals surface area contributed by atoms with Gasteiger partial charge in [0.2, 0.25) is 0 Å². The third kappa shape index (κ3) is 2.06. The van der Waals surface area contributed by atoms with Gasteiger partial charge in [-0.25, -0.2) is 0 Å². The number of rotatable bonds is 3. The van der Waals surface area contributed by atoms with Gasteiger partial charge in [0, 0.05) is 49.3 Å². The van der Waals surface area contributed by atoms with E-state index < -0.39 is 0 Å². The van der Waals surface area contributed by atoms with E-state index >= 15 is 0 Å². The average molecular weight is 523 g/mol. The number of nitrogens with zero attached hydrogens (tertiary/aromatic N) is 1. The topological polar surface area (TPSA) is 45.4 Å². The molecule has 2 aliphatic rings. The molecule has 2 aliphatic carbocycles. The fourth-order valence-electron chi connectivity index (χ4n) is 3.31. The van der Waals surface area contributed by atoms with Crippen molar-refractivity contribution in [2.24, 2.45) is 0 Å². The number of hydrogen-bond acceptors (Lipinski definition) is 2. The van der Waals surface area contributed by atoms with E-state index in [0.717, 1.165) is 22.9 Å². The third-order valence-corrected chi connectivity index (χ3v) is 9.54. The van der Waals surface area contributed by atoms with Crippen molar-refractivity contribution in [2.45, 2.75) is 39.3 Å². The summed E-state index contributed by atoms with van der Waals surface area (Å²) in [4.78, 5) is 0.818. The Morgan fingerprint density at radius 3 is 2.00 bits per heavy atom. The molecule has 2 N–H and O–H groups in total. The molecule has 1 saturated carbocycles. The summed E-state index contributed by atoms with van der Waals surface area (Å²) in [6.45, 7) is 0.551. The lowest BCUT2D eigenvalue weighted by molar-refractivity contribution is 0.362. The summed E-state index contributed by atoms with van der Waals surface area (Å²) in [6.07, 6.45) is 0.995. The number of halogens is 4. The minimum Gasteiger partial charge on any atom is -0.494 e. The van der Waals surface area contributed by atoms with E-state index in [2.05, 4.69) is 63.7 Å². The first-order chi connectivity index (χ1) is 8.97. The van der Waals surface area contributed by atoms with Crippen LogP contribution in [0.1, 0.15) is 29.4 Å². The van der Waals surface area contributed by atoms with Crippen LogP contribution in [0.25, 0.3) is 0 Å². The normalized spacial score (nSPS) is 33.7. The average Bonchev–Trinajstić information content (AvgIpc) is 2.98. The highest BCUT2D eigenvalue weighted by Crippen LogP contribution is 2.63. The van der Waals surface area contributed by atoms with Gasteiger partial charge in [0.25, 0.3) is 0 Å². The Balaban J connectivity index is 2.05. The highest BCUT2D eigenvalue weighted by molar-refractivity contribution is 9.12. The zero-order chi connectivity index (χ0) is 13.9. The van der Waals surface area contributed by atoms with Crippen LogP contribution in [-0.4, -0.2) is 34.6 Å². The van der Waals surface area contributed by atoms with Crippen LogP contribution in [-0.2, 0) is 6.54 Å². The van der Waals surface area contributed by atoms with Gasteiger partial charge in [0.15, 0.2) is 11.8 Å². The molecule has 0 spiro atoms. The molecule has 3 nitrogen and oxygen atoms in total. The number of aromatic hydroxyl groups is 2. The van der Waals surface area contributed by atoms with E-state index in [0.29, 0.717) is 16.2 Å². The molecule has 0 saturated heterocycles. The molecular weight excluding hydrogens is 510 g/mol. The largest absolute Gasteiger partial charge is 0.494 e. The molecule has 0 radical (unpaired) electrons. The zero-order valence-corrected chi connectivity index (χ0v) is 16.2. The van der Waals surface area contributed by atoms with Gasteiger partial charge in [-0.3, -0.25) is 4.57 Å². The van der Waals surface area contributed by atoms with Crippen molar-refractivity contribution in [3.63, 3.8) is 0 Å². The third-order valence-electron chi connectivity index (χ3n) is 4.15. The van der Waals surface area contributed by atoms with E-state index in [1.807, 2.05) is 0 Å². The monoisotopic (exact) mass is 519 g/mol. The Hall–Kier alpha value is 0.800. The minimum atomic E-state index is 0.175. The van der Waals surface area contributed by atoms with Crippen molar-refractivity contribution in [3.05, 3.63) is 11.1 Å². The number of hydrogen-bond donors (Lipinski definition) is 2. The van der Waals surface area contributed by atoms with Gasteiger partial charge >= 0.3 is 0 Å². The molecule has 3 rings (SSSR count). The van der Waals surface area contributed by atoms with Gasteiger partial charge in [-0.05, 0) is 6.42 Å². The minimum absolute atomic E-state index is 0.175. The number of aromatic nitrogens is 1. The van der Waals surface area contributed by atoms with Crippen LogP contribution in [0.2, 0.25) is 0 Å². The highest BCUT2D eigenvalue weighted by Gasteiger charge is 2.53. The lowest BCUT2D eigenvalue weighted by Gasteiger charge is -2.22. The molecule has 0 aliphatic heterocycles. The van der Waals surface area contributed by atoms with Crippen LogP contribution in [0.3, 0.4) is 0 Å². The molecule has 1 aromatic rings. The summed E-state index contributed by atoms with van der Waals surface area (Å²) in [5.74, 6) is 1.03. The van der Waals surface area contributed by atoms with Gasteiger partial charge < -0.3 is 10.2 Å². The second-order valence-corrected chi connectivity index (χ2v) is 9.23. The van der Waals surface area contributed by atoms with Crippen molar-refractivity contribution in [1.82, 2.24) is 4.57 Å². The summed E-state index contributed by atoms with van der Waals surface area (Å²) in [5, 5.41) is 21.6. The Kier molecular flexibility index (Phi) is 4.04. The zero-order valence-electron chi connectivity index (χ0n) is 9.86. The fraction of sp³-hybridized carbons (Fsp3) is 0.667. The van der Waals surface area contributed by atoms with Gasteiger partial charge in [0.05, 0.1) is 0 Å². The van der Waals surface area contributed by atoms with Crippen molar-refractivity contribution < 1.29 is 10.2 Å². The quantitative estimate of drug-likeness (QED) is 0.586. The number of fused-ring (bicyclic) bond motifs is 5. The molecule has 106 valence electrons. The Labute approximate surface area is 145 Å². The Bertz CT molecular complexity index is 481. The van der Waals surface area contributed by atoms with E-state index in [1.165, 1.54) is 0 Å². The van der Waals surface area contributed by atoms with E-state index in [1.54, 1.807) is 4.57 Å². The van der Waals surface area contributed by atoms with E-state index in [9.17, 15) is 10.2 Å². The highest BCUT2D eigenvalue weighted by atomic mass is 79.9. The maximum Gasteiger partial charge on any atom is 0.197 e. The van der Waals surface area contributed by atoms with E-state index in [-0.39, 0.29) is 28.4 Å². The van der Waals surface area contributed by atoms with Crippen LogP contribution in [0, 0.1) is 0 Å². The van der Waals surface area contributed by atoms with Crippen LogP contribution < -0.4 is 0 Å². The summed E-state index contributed by atoms with van der Waals surface area (Å²) in [6, 6.07) is 0. The molecule has 1 fully saturated rings. The van der Waals surface area contributed by atoms with Crippen molar-refractivity contribution in [1.29, 1.82) is 0 Å². The Morgan fingerprint density at radius 2 is 1.58 bits per heavy atom. The summed E-state index contributed by atoms with van der Waals surface area (Å²) in [5.41, 5.74) is 1.88. The molecule has 0 amide bonds. The van der Waals surface area contributed by atoms with Crippen LogP contribution >= 0.6 is 63.7 Å². The smallest absolute Gasteiger partial charge is 0.197 e. The van der Waals surface area contributed by atoms with Gasteiger partial charge in [0.1, 0.15) is 0 Å². The first-order valence-corrected chi connectivity index (χ1v) is 9.96. The van der Waals surface area contributed by atoms with Crippen LogP contribution in [0.15, 0.2) is 0 Å². The number of alkyl halides is 4. The molecular formula is C12H13Br4NO2. The summed E-state index contributed by atoms with van der Waals surface area (Å²) in [7, 11) is 0. The molecule has 5 unspecified atom stereocenters. The first kappa shape index (κ1) is 14.7. The molecule has 5 atom stereocenters. The van der Waals surface area contributed by atoms with E-state index in [4.69, 9.17) is 0 Å². The van der Waals surface area contributed by atoms with Crippen LogP contribution in [0.4, 0.5) is 0 Å². The predicted molar refractivity (Wildman–Crippen MR) is 89.8 cm³/mol. The fourth-order valence-corrected chi connectivity index (χ4v) is 5.51. The second-order valence-electron chi connectivity index (χ2n) is 5.17. The lowest BCUT2D eigenvalue weighted by Crippen LogP contribution is -2.20. The predicted octanol–water partition coefficient (Wildman–Crippen LogP) is 4.17. The summed E-state index contributed by atoms with van der Waals surface area (Å²) < 4.78 is 1.62. The van der Waals surface area contributed by atoms with Crippen molar-refractivity contribution in [3.8, 4) is 11.8 Å². The molecule has 19 heavy (non-hydrogen) atoms. The van der Waals surface area contributed by atoms with Crippen molar-refractivity contribution in [2.75, 3.05) is 5.33 Å². The van der Waals surface area contributed by atoms with Gasteiger partial charge in [-0.1, -0.05) is 63.7 Å². The molecule has 7 heteroatoms.